The summed E-state index contributed by atoms with van der Waals surface area (Å²) in [6.45, 7) is 0.678. The normalized spacial score (nSPS) is 11.5. The molecule has 0 aliphatic heterocycles. The number of rotatable bonds is 6. The second kappa shape index (κ2) is 8.32. The molecule has 0 radical (unpaired) electrons. The molecular weight excluding hydrogens is 420 g/mol. The van der Waals surface area contributed by atoms with Crippen molar-refractivity contribution in [2.45, 2.75) is 11.4 Å². The van der Waals surface area contributed by atoms with Crippen LogP contribution in [0.4, 0.5) is 0 Å². The third-order valence-corrected chi connectivity index (χ3v) is 6.45. The quantitative estimate of drug-likeness (QED) is 0.326. The average Bonchev–Trinajstić information content (AvgIpc) is 3.19. The van der Waals surface area contributed by atoms with Crippen LogP contribution < -0.4 is 4.18 Å². The Bertz CT molecular complexity index is 1460. The van der Waals surface area contributed by atoms with Gasteiger partial charge in [0.05, 0.1) is 11.0 Å². The molecule has 5 nitrogen and oxygen atoms in total. The molecule has 0 amide bonds. The lowest BCUT2D eigenvalue weighted by atomic mass is 10.2. The first-order chi connectivity index (χ1) is 15.6. The van der Waals surface area contributed by atoms with E-state index in [9.17, 15) is 8.42 Å². The van der Waals surface area contributed by atoms with Gasteiger partial charge in [0.1, 0.15) is 16.5 Å². The van der Waals surface area contributed by atoms with Crippen LogP contribution in [0, 0.1) is 0 Å². The van der Waals surface area contributed by atoms with Gasteiger partial charge in [0.15, 0.2) is 0 Å². The van der Waals surface area contributed by atoms with Gasteiger partial charge in [-0.05, 0) is 54.1 Å². The number of fused-ring (bicyclic) bond motifs is 1. The third-order valence-electron chi connectivity index (χ3n) is 5.19. The van der Waals surface area contributed by atoms with E-state index in [4.69, 9.17) is 9.17 Å². The van der Waals surface area contributed by atoms with Crippen LogP contribution >= 0.6 is 0 Å². The summed E-state index contributed by atoms with van der Waals surface area (Å²) < 4.78 is 32.5. The maximum absolute atomic E-state index is 12.5. The minimum absolute atomic E-state index is 0.119. The monoisotopic (exact) mass is 440 g/mol. The molecule has 1 heterocycles. The average molecular weight is 441 g/mol. The topological polar surface area (TPSA) is 61.2 Å². The lowest BCUT2D eigenvalue weighted by molar-refractivity contribution is 0.486. The van der Waals surface area contributed by atoms with Crippen molar-refractivity contribution < 1.29 is 12.6 Å². The van der Waals surface area contributed by atoms with Crippen LogP contribution in [0.1, 0.15) is 5.56 Å². The molecule has 0 N–H and O–H groups in total. The minimum atomic E-state index is -3.88. The van der Waals surface area contributed by atoms with Crippen molar-refractivity contribution in [1.29, 1.82) is 0 Å². The first-order valence-electron chi connectivity index (χ1n) is 10.2. The molecule has 0 saturated heterocycles. The molecule has 0 fully saturated rings. The summed E-state index contributed by atoms with van der Waals surface area (Å²) >= 11 is 0. The van der Waals surface area contributed by atoms with Crippen LogP contribution in [0.5, 0.6) is 5.75 Å². The van der Waals surface area contributed by atoms with Crippen LogP contribution in [0.3, 0.4) is 0 Å². The van der Waals surface area contributed by atoms with Gasteiger partial charge in [-0.2, -0.15) is 8.42 Å². The Hall–Kier alpha value is -3.90. The predicted octanol–water partition coefficient (Wildman–Crippen LogP) is 5.52. The zero-order valence-electron chi connectivity index (χ0n) is 17.1. The highest BCUT2D eigenvalue weighted by Crippen LogP contribution is 2.28. The molecular formula is C26H20N2O3S. The second-order valence-corrected chi connectivity index (χ2v) is 8.92. The van der Waals surface area contributed by atoms with Crippen molar-refractivity contribution in [3.05, 3.63) is 115 Å². The number of hydrogen-bond acceptors (Lipinski definition) is 4. The van der Waals surface area contributed by atoms with Gasteiger partial charge in [-0.1, -0.05) is 60.7 Å². The summed E-state index contributed by atoms with van der Waals surface area (Å²) in [5.74, 6) is 1.07. The molecule has 0 saturated carbocycles. The fraction of sp³-hybridized carbons (Fsp3) is 0.0385. The molecule has 0 aliphatic carbocycles. The SMILES string of the molecule is O=S(=O)(Oc1ccc(-c2nc3ccccc3n2Cc2ccccc2)cc1)c1ccccc1. The Morgan fingerprint density at radius 3 is 2.06 bits per heavy atom. The Balaban J connectivity index is 1.49. The van der Waals surface area contributed by atoms with E-state index >= 15 is 0 Å². The molecule has 32 heavy (non-hydrogen) atoms. The number of para-hydroxylation sites is 2. The van der Waals surface area contributed by atoms with E-state index in [0.717, 1.165) is 22.4 Å². The van der Waals surface area contributed by atoms with Gasteiger partial charge < -0.3 is 8.75 Å². The predicted molar refractivity (Wildman–Crippen MR) is 125 cm³/mol. The van der Waals surface area contributed by atoms with E-state index < -0.39 is 10.1 Å². The summed E-state index contributed by atoms with van der Waals surface area (Å²) in [4.78, 5) is 4.95. The van der Waals surface area contributed by atoms with Gasteiger partial charge in [-0.3, -0.25) is 0 Å². The fourth-order valence-electron chi connectivity index (χ4n) is 3.64. The van der Waals surface area contributed by atoms with Gasteiger partial charge in [0.25, 0.3) is 0 Å². The smallest absolute Gasteiger partial charge is 0.339 e. The van der Waals surface area contributed by atoms with Crippen LogP contribution in [0.25, 0.3) is 22.4 Å². The Labute approximate surface area is 186 Å². The molecule has 0 unspecified atom stereocenters. The molecule has 0 atom stereocenters. The zero-order valence-corrected chi connectivity index (χ0v) is 17.9. The van der Waals surface area contributed by atoms with E-state index in [1.54, 1.807) is 30.3 Å². The lowest BCUT2D eigenvalue weighted by Gasteiger charge is -2.11. The van der Waals surface area contributed by atoms with Gasteiger partial charge in [0, 0.05) is 12.1 Å². The van der Waals surface area contributed by atoms with Crippen molar-refractivity contribution in [3.63, 3.8) is 0 Å². The first kappa shape index (κ1) is 20.0. The molecule has 5 aromatic rings. The van der Waals surface area contributed by atoms with E-state index in [-0.39, 0.29) is 10.6 Å². The molecule has 0 bridgehead atoms. The summed E-state index contributed by atoms with van der Waals surface area (Å²) in [6, 6.07) is 33.3. The molecule has 5 rings (SSSR count). The van der Waals surface area contributed by atoms with Crippen LogP contribution in [0.2, 0.25) is 0 Å². The van der Waals surface area contributed by atoms with Crippen LogP contribution in [0.15, 0.2) is 114 Å². The van der Waals surface area contributed by atoms with E-state index in [0.29, 0.717) is 6.54 Å². The number of nitrogens with zero attached hydrogens (tertiary/aromatic N) is 2. The van der Waals surface area contributed by atoms with Gasteiger partial charge in [-0.15, -0.1) is 0 Å². The molecule has 0 spiro atoms. The number of hydrogen-bond donors (Lipinski definition) is 0. The van der Waals surface area contributed by atoms with Crippen molar-refractivity contribution >= 4 is 21.2 Å². The first-order valence-corrected chi connectivity index (χ1v) is 11.6. The van der Waals surface area contributed by atoms with Crippen LogP contribution in [-0.4, -0.2) is 18.0 Å². The van der Waals surface area contributed by atoms with E-state index in [1.807, 2.05) is 48.5 Å². The van der Waals surface area contributed by atoms with Crippen molar-refractivity contribution in [1.82, 2.24) is 9.55 Å². The van der Waals surface area contributed by atoms with Crippen LogP contribution in [-0.2, 0) is 16.7 Å². The third kappa shape index (κ3) is 4.00. The van der Waals surface area contributed by atoms with Crippen molar-refractivity contribution in [3.8, 4) is 17.1 Å². The minimum Gasteiger partial charge on any atom is -0.379 e. The lowest BCUT2D eigenvalue weighted by Crippen LogP contribution is -2.09. The highest BCUT2D eigenvalue weighted by Gasteiger charge is 2.17. The number of aromatic nitrogens is 2. The molecule has 4 aromatic carbocycles. The number of benzene rings is 4. The summed E-state index contributed by atoms with van der Waals surface area (Å²) in [5, 5.41) is 0. The summed E-state index contributed by atoms with van der Waals surface area (Å²) in [7, 11) is -3.88. The Morgan fingerprint density at radius 2 is 1.34 bits per heavy atom. The zero-order chi connectivity index (χ0) is 22.0. The highest BCUT2D eigenvalue weighted by molar-refractivity contribution is 7.87. The van der Waals surface area contributed by atoms with Gasteiger partial charge >= 0.3 is 10.1 Å². The maximum atomic E-state index is 12.5. The molecule has 158 valence electrons. The Morgan fingerprint density at radius 1 is 0.719 bits per heavy atom. The largest absolute Gasteiger partial charge is 0.379 e. The Kier molecular flexibility index (Phi) is 5.21. The second-order valence-electron chi connectivity index (χ2n) is 7.37. The van der Waals surface area contributed by atoms with Crippen molar-refractivity contribution in [2.24, 2.45) is 0 Å². The number of imidazole rings is 1. The molecule has 1 aromatic heterocycles. The highest BCUT2D eigenvalue weighted by atomic mass is 32.2. The summed E-state index contributed by atoms with van der Waals surface area (Å²) in [5.41, 5.74) is 4.00. The standard InChI is InChI=1S/C26H20N2O3S/c29-32(30,23-11-5-2-6-12-23)31-22-17-15-21(16-18-22)26-27-24-13-7-8-14-25(24)28(26)19-20-9-3-1-4-10-20/h1-18H,19H2. The fourth-order valence-corrected chi connectivity index (χ4v) is 4.59. The van der Waals surface area contributed by atoms with Gasteiger partial charge in [0.2, 0.25) is 0 Å². The summed E-state index contributed by atoms with van der Waals surface area (Å²) in [6.07, 6.45) is 0. The maximum Gasteiger partial charge on any atom is 0.339 e. The van der Waals surface area contributed by atoms with Crippen molar-refractivity contribution in [2.75, 3.05) is 0 Å². The van der Waals surface area contributed by atoms with E-state index in [1.165, 1.54) is 17.7 Å². The van der Waals surface area contributed by atoms with Gasteiger partial charge in [-0.25, -0.2) is 4.98 Å². The van der Waals surface area contributed by atoms with E-state index in [2.05, 4.69) is 22.8 Å². The molecule has 6 heteroatoms. The molecule has 0 aliphatic rings.